The highest BCUT2D eigenvalue weighted by atomic mass is 32.2. The molecule has 0 saturated carbocycles. The number of aromatic amines is 1. The Kier molecular flexibility index (Phi) is 5.12. The number of thiazole rings is 1. The standard InChI is InChI=1S/C18H21N5OS2/c1-13(17-20-14-4-2-3-5-15(14)21-17)26-12-16(24)22-7-9-23(10-8-22)18-19-6-11-25-18/h2-6,11,13H,7-10,12H2,1H3,(H,20,21). The number of aromatic nitrogens is 3. The molecular weight excluding hydrogens is 366 g/mol. The van der Waals surface area contributed by atoms with E-state index >= 15 is 0 Å². The Morgan fingerprint density at radius 2 is 2.12 bits per heavy atom. The normalized spacial score (nSPS) is 16.2. The van der Waals surface area contributed by atoms with Crippen LogP contribution < -0.4 is 4.90 Å². The molecule has 136 valence electrons. The van der Waals surface area contributed by atoms with E-state index in [1.54, 1.807) is 23.1 Å². The molecule has 6 nitrogen and oxygen atoms in total. The molecule has 1 saturated heterocycles. The molecule has 0 bridgehead atoms. The second-order valence-electron chi connectivity index (χ2n) is 6.27. The van der Waals surface area contributed by atoms with Gasteiger partial charge < -0.3 is 14.8 Å². The number of para-hydroxylation sites is 2. The van der Waals surface area contributed by atoms with Gasteiger partial charge in [0, 0.05) is 37.8 Å². The van der Waals surface area contributed by atoms with Crippen molar-refractivity contribution in [2.45, 2.75) is 12.2 Å². The van der Waals surface area contributed by atoms with Crippen molar-refractivity contribution in [3.8, 4) is 0 Å². The van der Waals surface area contributed by atoms with Gasteiger partial charge in [-0.15, -0.1) is 23.1 Å². The third-order valence-corrected chi connectivity index (χ3v) is 6.54. The first-order chi connectivity index (χ1) is 12.7. The molecule has 0 radical (unpaired) electrons. The molecule has 0 aliphatic carbocycles. The van der Waals surface area contributed by atoms with Gasteiger partial charge in [-0.1, -0.05) is 12.1 Å². The Labute approximate surface area is 160 Å². The van der Waals surface area contributed by atoms with Crippen molar-refractivity contribution >= 4 is 45.2 Å². The number of amides is 1. The van der Waals surface area contributed by atoms with Gasteiger partial charge in [0.05, 0.1) is 22.0 Å². The van der Waals surface area contributed by atoms with Crippen molar-refractivity contribution in [1.82, 2.24) is 19.9 Å². The number of carbonyl (C=O) groups excluding carboxylic acids is 1. The van der Waals surface area contributed by atoms with Crippen LogP contribution in [0.1, 0.15) is 18.0 Å². The van der Waals surface area contributed by atoms with E-state index in [2.05, 4.69) is 26.8 Å². The molecule has 1 fully saturated rings. The number of imidazole rings is 1. The Morgan fingerprint density at radius 1 is 1.31 bits per heavy atom. The highest BCUT2D eigenvalue weighted by Crippen LogP contribution is 2.28. The van der Waals surface area contributed by atoms with Crippen LogP contribution in [0.5, 0.6) is 0 Å². The minimum absolute atomic E-state index is 0.156. The van der Waals surface area contributed by atoms with Crippen LogP contribution in [0.25, 0.3) is 11.0 Å². The number of nitrogens with zero attached hydrogens (tertiary/aromatic N) is 4. The van der Waals surface area contributed by atoms with E-state index in [-0.39, 0.29) is 11.2 Å². The van der Waals surface area contributed by atoms with E-state index in [0.29, 0.717) is 5.75 Å². The molecule has 1 aliphatic heterocycles. The van der Waals surface area contributed by atoms with Gasteiger partial charge in [0.2, 0.25) is 5.91 Å². The van der Waals surface area contributed by atoms with E-state index in [9.17, 15) is 4.79 Å². The fourth-order valence-corrected chi connectivity index (χ4v) is 4.59. The zero-order valence-electron chi connectivity index (χ0n) is 14.6. The molecule has 1 amide bonds. The summed E-state index contributed by atoms with van der Waals surface area (Å²) in [6, 6.07) is 8.01. The van der Waals surface area contributed by atoms with E-state index in [4.69, 9.17) is 0 Å². The predicted molar refractivity (Wildman–Crippen MR) is 108 cm³/mol. The summed E-state index contributed by atoms with van der Waals surface area (Å²) in [5, 5.41) is 3.19. The molecule has 26 heavy (non-hydrogen) atoms. The minimum atomic E-state index is 0.156. The molecule has 1 atom stereocenters. The lowest BCUT2D eigenvalue weighted by Crippen LogP contribution is -2.49. The number of benzene rings is 1. The highest BCUT2D eigenvalue weighted by Gasteiger charge is 2.23. The van der Waals surface area contributed by atoms with Crippen molar-refractivity contribution in [3.63, 3.8) is 0 Å². The van der Waals surface area contributed by atoms with Crippen molar-refractivity contribution in [2.75, 3.05) is 36.8 Å². The summed E-state index contributed by atoms with van der Waals surface area (Å²) in [4.78, 5) is 29.1. The highest BCUT2D eigenvalue weighted by molar-refractivity contribution is 8.00. The van der Waals surface area contributed by atoms with Gasteiger partial charge in [0.1, 0.15) is 5.82 Å². The number of hydrogen-bond donors (Lipinski definition) is 1. The van der Waals surface area contributed by atoms with Crippen molar-refractivity contribution in [3.05, 3.63) is 41.7 Å². The predicted octanol–water partition coefficient (Wildman–Crippen LogP) is 3.16. The lowest BCUT2D eigenvalue weighted by atomic mass is 10.3. The maximum atomic E-state index is 12.5. The third-order valence-electron chi connectivity index (χ3n) is 4.57. The maximum absolute atomic E-state index is 12.5. The molecule has 8 heteroatoms. The first kappa shape index (κ1) is 17.4. The quantitative estimate of drug-likeness (QED) is 0.728. The van der Waals surface area contributed by atoms with Crippen LogP contribution in [0.4, 0.5) is 5.13 Å². The van der Waals surface area contributed by atoms with E-state index in [1.807, 2.05) is 40.7 Å². The lowest BCUT2D eigenvalue weighted by Gasteiger charge is -2.34. The summed E-state index contributed by atoms with van der Waals surface area (Å²) >= 11 is 3.29. The number of rotatable bonds is 5. The first-order valence-corrected chi connectivity index (χ1v) is 10.6. The number of carbonyl (C=O) groups is 1. The van der Waals surface area contributed by atoms with Gasteiger partial charge in [0.15, 0.2) is 5.13 Å². The zero-order valence-corrected chi connectivity index (χ0v) is 16.2. The topological polar surface area (TPSA) is 65.1 Å². The van der Waals surface area contributed by atoms with Crippen LogP contribution in [0.3, 0.4) is 0 Å². The monoisotopic (exact) mass is 387 g/mol. The van der Waals surface area contributed by atoms with Gasteiger partial charge in [-0.05, 0) is 19.1 Å². The first-order valence-electron chi connectivity index (χ1n) is 8.69. The summed E-state index contributed by atoms with van der Waals surface area (Å²) in [6.45, 7) is 5.32. The van der Waals surface area contributed by atoms with Crippen molar-refractivity contribution < 1.29 is 4.79 Å². The average Bonchev–Trinajstić information content (AvgIpc) is 3.35. The average molecular weight is 388 g/mol. The van der Waals surface area contributed by atoms with Gasteiger partial charge >= 0.3 is 0 Å². The Bertz CT molecular complexity index is 838. The minimum Gasteiger partial charge on any atom is -0.345 e. The van der Waals surface area contributed by atoms with Crippen LogP contribution in [-0.2, 0) is 4.79 Å². The van der Waals surface area contributed by atoms with Gasteiger partial charge in [-0.25, -0.2) is 9.97 Å². The third kappa shape index (κ3) is 3.71. The van der Waals surface area contributed by atoms with E-state index in [0.717, 1.165) is 48.2 Å². The van der Waals surface area contributed by atoms with Crippen LogP contribution in [-0.4, -0.2) is 57.7 Å². The van der Waals surface area contributed by atoms with Crippen molar-refractivity contribution in [1.29, 1.82) is 0 Å². The maximum Gasteiger partial charge on any atom is 0.232 e. The zero-order chi connectivity index (χ0) is 17.9. The number of piperazine rings is 1. The van der Waals surface area contributed by atoms with Gasteiger partial charge in [0.25, 0.3) is 0 Å². The molecule has 0 spiro atoms. The molecule has 1 N–H and O–H groups in total. The summed E-state index contributed by atoms with van der Waals surface area (Å²) in [5.74, 6) is 1.62. The van der Waals surface area contributed by atoms with Crippen molar-refractivity contribution in [2.24, 2.45) is 0 Å². The second-order valence-corrected chi connectivity index (χ2v) is 8.48. The number of thioether (sulfide) groups is 1. The Balaban J connectivity index is 1.28. The van der Waals surface area contributed by atoms with Crippen LogP contribution in [0, 0.1) is 0 Å². The van der Waals surface area contributed by atoms with Gasteiger partial charge in [-0.2, -0.15) is 0 Å². The number of H-pyrrole nitrogens is 1. The summed E-state index contributed by atoms with van der Waals surface area (Å²) in [7, 11) is 0. The molecular formula is C18H21N5OS2. The Morgan fingerprint density at radius 3 is 2.85 bits per heavy atom. The number of nitrogens with one attached hydrogen (secondary N) is 1. The SMILES string of the molecule is CC(SCC(=O)N1CCN(c2nccs2)CC1)c1nc2ccccc2[nH]1. The molecule has 1 aliphatic rings. The number of anilines is 1. The fraction of sp³-hybridized carbons (Fsp3) is 0.389. The fourth-order valence-electron chi connectivity index (χ4n) is 3.05. The van der Waals surface area contributed by atoms with E-state index in [1.165, 1.54) is 0 Å². The summed E-state index contributed by atoms with van der Waals surface area (Å²) in [6.07, 6.45) is 1.83. The Hall–Kier alpha value is -2.06. The van der Waals surface area contributed by atoms with Crippen LogP contribution >= 0.6 is 23.1 Å². The molecule has 1 aromatic carbocycles. The number of hydrogen-bond acceptors (Lipinski definition) is 6. The summed E-state index contributed by atoms with van der Waals surface area (Å²) < 4.78 is 0. The molecule has 1 unspecified atom stereocenters. The van der Waals surface area contributed by atoms with Crippen LogP contribution in [0.15, 0.2) is 35.8 Å². The molecule has 3 heterocycles. The largest absolute Gasteiger partial charge is 0.345 e. The van der Waals surface area contributed by atoms with Gasteiger partial charge in [-0.3, -0.25) is 4.79 Å². The summed E-state index contributed by atoms with van der Waals surface area (Å²) in [5.41, 5.74) is 2.01. The smallest absolute Gasteiger partial charge is 0.232 e. The lowest BCUT2D eigenvalue weighted by molar-refractivity contribution is -0.128. The molecule has 2 aromatic heterocycles. The number of fused-ring (bicyclic) bond motifs is 1. The molecule has 3 aromatic rings. The van der Waals surface area contributed by atoms with Crippen LogP contribution in [0.2, 0.25) is 0 Å². The second kappa shape index (κ2) is 7.67. The van der Waals surface area contributed by atoms with E-state index < -0.39 is 0 Å². The molecule has 4 rings (SSSR count).